The molecule has 0 radical (unpaired) electrons. The van der Waals surface area contributed by atoms with Gasteiger partial charge in [0.2, 0.25) is 0 Å². The average Bonchev–Trinajstić information content (AvgIpc) is 2.42. The lowest BCUT2D eigenvalue weighted by Gasteiger charge is -2.29. The molecule has 0 fully saturated rings. The van der Waals surface area contributed by atoms with Crippen LogP contribution in [0, 0.1) is 5.41 Å². The second-order valence-corrected chi connectivity index (χ2v) is 6.13. The molecule has 2 aromatic rings. The third-order valence-corrected chi connectivity index (χ3v) is 3.39. The molecule has 1 unspecified atom stereocenters. The van der Waals surface area contributed by atoms with E-state index in [-0.39, 0.29) is 11.2 Å². The maximum Gasteiger partial charge on any atom is 0.192 e. The third kappa shape index (κ3) is 3.07. The van der Waals surface area contributed by atoms with Crippen LogP contribution in [0.1, 0.15) is 38.1 Å². The van der Waals surface area contributed by atoms with E-state index in [1.165, 1.54) is 0 Å². The topological polar surface area (TPSA) is 26.3 Å². The predicted molar refractivity (Wildman–Crippen MR) is 83.1 cm³/mol. The molecule has 0 bridgehead atoms. The van der Waals surface area contributed by atoms with Crippen LogP contribution >= 0.6 is 0 Å². The minimum Gasteiger partial charge on any atom is -0.370 e. The summed E-state index contributed by atoms with van der Waals surface area (Å²) < 4.78 is 5.69. The van der Waals surface area contributed by atoms with Gasteiger partial charge in [0, 0.05) is 12.2 Å². The normalized spacial score (nSPS) is 13.4. The lowest BCUT2D eigenvalue weighted by atomic mass is 9.84. The number of rotatable bonds is 4. The maximum absolute atomic E-state index is 12.7. The second-order valence-electron chi connectivity index (χ2n) is 6.13. The molecular weight excluding hydrogens is 248 g/mol. The summed E-state index contributed by atoms with van der Waals surface area (Å²) in [7, 11) is 0. The van der Waals surface area contributed by atoms with Crippen molar-refractivity contribution in [2.45, 2.75) is 33.8 Å². The highest BCUT2D eigenvalue weighted by atomic mass is 16.5. The molecule has 0 N–H and O–H groups in total. The summed E-state index contributed by atoms with van der Waals surface area (Å²) in [6.45, 7) is 8.57. The van der Waals surface area contributed by atoms with Gasteiger partial charge in [-0.3, -0.25) is 4.79 Å². The van der Waals surface area contributed by atoms with Crippen LogP contribution in [0.15, 0.2) is 42.5 Å². The zero-order chi connectivity index (χ0) is 14.8. The van der Waals surface area contributed by atoms with Crippen molar-refractivity contribution in [2.75, 3.05) is 6.61 Å². The molecule has 0 aliphatic heterocycles. The van der Waals surface area contributed by atoms with Gasteiger partial charge < -0.3 is 4.74 Å². The van der Waals surface area contributed by atoms with Gasteiger partial charge in [0.1, 0.15) is 6.10 Å². The summed E-state index contributed by atoms with van der Waals surface area (Å²) in [6, 6.07) is 13.9. The van der Waals surface area contributed by atoms with Gasteiger partial charge >= 0.3 is 0 Å². The van der Waals surface area contributed by atoms with E-state index < -0.39 is 6.10 Å². The Morgan fingerprint density at radius 1 is 1.10 bits per heavy atom. The molecule has 0 aliphatic carbocycles. The Morgan fingerprint density at radius 2 is 1.75 bits per heavy atom. The Balaban J connectivity index is 2.38. The molecule has 0 heterocycles. The van der Waals surface area contributed by atoms with Crippen molar-refractivity contribution in [1.82, 2.24) is 0 Å². The number of Topliss-reactive ketones (excluding diaryl/α,β-unsaturated/α-hetero) is 1. The summed E-state index contributed by atoms with van der Waals surface area (Å²) in [6.07, 6.45) is -0.409. The first-order chi connectivity index (χ1) is 9.43. The molecule has 20 heavy (non-hydrogen) atoms. The number of ketones is 1. The van der Waals surface area contributed by atoms with Crippen LogP contribution in [0.5, 0.6) is 0 Å². The molecule has 106 valence electrons. The van der Waals surface area contributed by atoms with Crippen LogP contribution in [0.3, 0.4) is 0 Å². The maximum atomic E-state index is 12.7. The van der Waals surface area contributed by atoms with E-state index in [0.29, 0.717) is 6.61 Å². The molecule has 0 spiro atoms. The van der Waals surface area contributed by atoms with Crippen molar-refractivity contribution in [3.05, 3.63) is 48.0 Å². The summed E-state index contributed by atoms with van der Waals surface area (Å²) in [5.41, 5.74) is 0.510. The summed E-state index contributed by atoms with van der Waals surface area (Å²) in [5, 5.41) is 2.23. The van der Waals surface area contributed by atoms with Crippen molar-refractivity contribution in [3.8, 4) is 0 Å². The highest BCUT2D eigenvalue weighted by molar-refractivity contribution is 6.03. The molecule has 2 rings (SSSR count). The summed E-state index contributed by atoms with van der Waals surface area (Å²) >= 11 is 0. The van der Waals surface area contributed by atoms with Gasteiger partial charge in [0.15, 0.2) is 5.78 Å². The second kappa shape index (κ2) is 5.76. The minimum absolute atomic E-state index is 0.0603. The van der Waals surface area contributed by atoms with Gasteiger partial charge in [-0.1, -0.05) is 57.2 Å². The van der Waals surface area contributed by atoms with E-state index in [1.54, 1.807) is 0 Å². The molecule has 2 aromatic carbocycles. The number of ether oxygens (including phenoxy) is 1. The van der Waals surface area contributed by atoms with E-state index >= 15 is 0 Å². The zero-order valence-corrected chi connectivity index (χ0v) is 12.6. The molecule has 0 aromatic heterocycles. The Kier molecular flexibility index (Phi) is 4.24. The number of fused-ring (bicyclic) bond motifs is 1. The number of benzene rings is 2. The number of carbonyl (C=O) groups is 1. The Labute approximate surface area is 120 Å². The smallest absolute Gasteiger partial charge is 0.192 e. The Morgan fingerprint density at radius 3 is 2.35 bits per heavy atom. The van der Waals surface area contributed by atoms with Crippen molar-refractivity contribution < 1.29 is 9.53 Å². The first kappa shape index (κ1) is 14.7. The fourth-order valence-corrected chi connectivity index (χ4v) is 2.38. The molecule has 2 heteroatoms. The molecule has 0 saturated carbocycles. The van der Waals surface area contributed by atoms with Crippen LogP contribution in [0.25, 0.3) is 10.8 Å². The number of hydrogen-bond donors (Lipinski definition) is 0. The van der Waals surface area contributed by atoms with Crippen LogP contribution in [0.4, 0.5) is 0 Å². The van der Waals surface area contributed by atoms with Gasteiger partial charge in [-0.25, -0.2) is 0 Å². The fraction of sp³-hybridized carbons (Fsp3) is 0.389. The lowest BCUT2D eigenvalue weighted by molar-refractivity contribution is -0.000209. The standard InChI is InChI=1S/C18H22O2/c1-5-20-17(18(2,3)4)16(19)15-11-10-13-8-6-7-9-14(13)12-15/h6-12,17H,5H2,1-4H3. The van der Waals surface area contributed by atoms with Crippen molar-refractivity contribution in [2.24, 2.45) is 5.41 Å². The van der Waals surface area contributed by atoms with E-state index in [2.05, 4.69) is 0 Å². The van der Waals surface area contributed by atoms with Crippen molar-refractivity contribution in [3.63, 3.8) is 0 Å². The van der Waals surface area contributed by atoms with Gasteiger partial charge in [-0.2, -0.15) is 0 Å². The lowest BCUT2D eigenvalue weighted by Crippen LogP contribution is -2.37. The van der Waals surface area contributed by atoms with Gasteiger partial charge in [0.25, 0.3) is 0 Å². The highest BCUT2D eigenvalue weighted by Crippen LogP contribution is 2.27. The third-order valence-electron chi connectivity index (χ3n) is 3.39. The van der Waals surface area contributed by atoms with Crippen molar-refractivity contribution >= 4 is 16.6 Å². The van der Waals surface area contributed by atoms with Crippen LogP contribution in [0.2, 0.25) is 0 Å². The Bertz CT molecular complexity index is 608. The van der Waals surface area contributed by atoms with Gasteiger partial charge in [-0.15, -0.1) is 0 Å². The Hall–Kier alpha value is -1.67. The van der Waals surface area contributed by atoms with Crippen molar-refractivity contribution in [1.29, 1.82) is 0 Å². The first-order valence-electron chi connectivity index (χ1n) is 7.08. The van der Waals surface area contributed by atoms with Crippen LogP contribution < -0.4 is 0 Å². The van der Waals surface area contributed by atoms with Crippen LogP contribution in [-0.2, 0) is 4.74 Å². The van der Waals surface area contributed by atoms with Crippen LogP contribution in [-0.4, -0.2) is 18.5 Å². The minimum atomic E-state index is -0.409. The predicted octanol–water partition coefficient (Wildman–Crippen LogP) is 4.47. The monoisotopic (exact) mass is 270 g/mol. The molecule has 0 aliphatic rings. The number of carbonyl (C=O) groups excluding carboxylic acids is 1. The molecular formula is C18H22O2. The molecule has 0 amide bonds. The molecule has 2 nitrogen and oxygen atoms in total. The largest absolute Gasteiger partial charge is 0.370 e. The van der Waals surface area contributed by atoms with E-state index in [0.717, 1.165) is 16.3 Å². The van der Waals surface area contributed by atoms with Gasteiger partial charge in [-0.05, 0) is 29.2 Å². The van der Waals surface area contributed by atoms with E-state index in [4.69, 9.17) is 4.74 Å². The van der Waals surface area contributed by atoms with E-state index in [1.807, 2.05) is 70.2 Å². The fourth-order valence-electron chi connectivity index (χ4n) is 2.38. The highest BCUT2D eigenvalue weighted by Gasteiger charge is 2.32. The molecule has 0 saturated heterocycles. The molecule has 1 atom stereocenters. The SMILES string of the molecule is CCOC(C(=O)c1ccc2ccccc2c1)C(C)(C)C. The van der Waals surface area contributed by atoms with Gasteiger partial charge in [0.05, 0.1) is 0 Å². The average molecular weight is 270 g/mol. The number of hydrogen-bond acceptors (Lipinski definition) is 2. The zero-order valence-electron chi connectivity index (χ0n) is 12.6. The summed E-state index contributed by atoms with van der Waals surface area (Å²) in [5.74, 6) is 0.0603. The first-order valence-corrected chi connectivity index (χ1v) is 7.08. The summed E-state index contributed by atoms with van der Waals surface area (Å²) in [4.78, 5) is 12.7. The van der Waals surface area contributed by atoms with E-state index in [9.17, 15) is 4.79 Å². The quantitative estimate of drug-likeness (QED) is 0.766.